The van der Waals surface area contributed by atoms with Crippen molar-refractivity contribution in [2.24, 2.45) is 5.73 Å². The molecule has 0 unspecified atom stereocenters. The van der Waals surface area contributed by atoms with Crippen molar-refractivity contribution in [2.75, 3.05) is 6.54 Å². The molecule has 0 fully saturated rings. The number of hydrogen-bond acceptors (Lipinski definition) is 1. The van der Waals surface area contributed by atoms with Crippen molar-refractivity contribution in [3.05, 3.63) is 35.4 Å². The Morgan fingerprint density at radius 2 is 1.94 bits per heavy atom. The maximum Gasteiger partial charge on any atom is 0.332 e. The van der Waals surface area contributed by atoms with Crippen LogP contribution >= 0.6 is 0 Å². The van der Waals surface area contributed by atoms with Crippen molar-refractivity contribution < 1.29 is 17.6 Å². The lowest BCUT2D eigenvalue weighted by Gasteiger charge is -2.16. The van der Waals surface area contributed by atoms with E-state index in [-0.39, 0.29) is 0 Å². The van der Waals surface area contributed by atoms with Crippen LogP contribution in [0.4, 0.5) is 17.6 Å². The Bertz CT molecular complexity index is 339. The van der Waals surface area contributed by atoms with Gasteiger partial charge in [-0.05, 0) is 31.0 Å². The van der Waals surface area contributed by atoms with Gasteiger partial charge in [-0.15, -0.1) is 0 Å². The van der Waals surface area contributed by atoms with Gasteiger partial charge in [-0.25, -0.2) is 8.78 Å². The molecule has 2 N–H and O–H groups in total. The first kappa shape index (κ1) is 13.0. The smallest absolute Gasteiger partial charge is 0.330 e. The van der Waals surface area contributed by atoms with E-state index in [4.69, 9.17) is 5.73 Å². The molecule has 0 saturated carbocycles. The van der Waals surface area contributed by atoms with Gasteiger partial charge in [0.2, 0.25) is 0 Å². The zero-order chi connectivity index (χ0) is 12.2. The van der Waals surface area contributed by atoms with Crippen LogP contribution in [0.2, 0.25) is 0 Å². The van der Waals surface area contributed by atoms with Gasteiger partial charge in [0.05, 0.1) is 0 Å². The van der Waals surface area contributed by atoms with Crippen LogP contribution in [0.1, 0.15) is 17.5 Å². The summed E-state index contributed by atoms with van der Waals surface area (Å²) in [5.74, 6) is -4.08. The van der Waals surface area contributed by atoms with Crippen LogP contribution in [-0.2, 0) is 12.3 Å². The number of aryl methyl sites for hydroxylation is 1. The summed E-state index contributed by atoms with van der Waals surface area (Å²) in [6, 6.07) is 5.11. The molecule has 0 bridgehead atoms. The fourth-order valence-electron chi connectivity index (χ4n) is 1.37. The molecule has 0 aliphatic carbocycles. The average Bonchev–Trinajstić information content (AvgIpc) is 2.26. The molecule has 0 amide bonds. The van der Waals surface area contributed by atoms with Crippen LogP contribution in [0.15, 0.2) is 24.3 Å². The van der Waals surface area contributed by atoms with E-state index < -0.39 is 17.9 Å². The molecule has 5 heteroatoms. The summed E-state index contributed by atoms with van der Waals surface area (Å²) in [4.78, 5) is 0. The predicted octanol–water partition coefficient (Wildman–Crippen LogP) is 2.93. The molecule has 1 aromatic carbocycles. The molecule has 0 saturated heterocycles. The second-order valence-corrected chi connectivity index (χ2v) is 3.52. The lowest BCUT2D eigenvalue weighted by molar-refractivity contribution is -0.135. The third kappa shape index (κ3) is 2.95. The molecule has 0 aromatic heterocycles. The van der Waals surface area contributed by atoms with Crippen molar-refractivity contribution in [3.63, 3.8) is 0 Å². The highest BCUT2D eigenvalue weighted by Gasteiger charge is 2.42. The summed E-state index contributed by atoms with van der Waals surface area (Å²) >= 11 is 0. The topological polar surface area (TPSA) is 26.0 Å². The molecular formula is C11H13F4N. The minimum Gasteiger partial charge on any atom is -0.330 e. The van der Waals surface area contributed by atoms with Crippen LogP contribution in [-0.4, -0.2) is 13.0 Å². The summed E-state index contributed by atoms with van der Waals surface area (Å²) in [6.45, 7) is 0.440. The molecule has 0 aliphatic rings. The highest BCUT2D eigenvalue weighted by atomic mass is 19.3. The Labute approximate surface area is 91.3 Å². The number of alkyl halides is 4. The summed E-state index contributed by atoms with van der Waals surface area (Å²) in [7, 11) is 0. The maximum absolute atomic E-state index is 13.0. The highest BCUT2D eigenvalue weighted by Crippen LogP contribution is 2.34. The fraction of sp³-hybridized carbons (Fsp3) is 0.455. The van der Waals surface area contributed by atoms with Crippen LogP contribution < -0.4 is 5.73 Å². The number of rotatable bonds is 5. The second kappa shape index (κ2) is 5.30. The SMILES string of the molecule is NCCCc1cccc(C(F)(F)C(F)F)c1. The Hall–Kier alpha value is -1.10. The molecule has 0 spiro atoms. The zero-order valence-electron chi connectivity index (χ0n) is 8.60. The quantitative estimate of drug-likeness (QED) is 0.780. The molecule has 0 radical (unpaired) electrons. The molecule has 1 nitrogen and oxygen atoms in total. The summed E-state index contributed by atoms with van der Waals surface area (Å²) in [6.07, 6.45) is -2.52. The molecule has 1 rings (SSSR count). The lowest BCUT2D eigenvalue weighted by atomic mass is 10.0. The van der Waals surface area contributed by atoms with Gasteiger partial charge < -0.3 is 5.73 Å². The minimum absolute atomic E-state index is 0.440. The van der Waals surface area contributed by atoms with Crippen LogP contribution in [0.3, 0.4) is 0 Å². The van der Waals surface area contributed by atoms with Gasteiger partial charge in [-0.3, -0.25) is 0 Å². The standard InChI is InChI=1S/C11H13F4N/c12-10(13)11(14,15)9-5-1-3-8(7-9)4-2-6-16/h1,3,5,7,10H,2,4,6,16H2. The maximum atomic E-state index is 13.0. The van der Waals surface area contributed by atoms with Crippen molar-refractivity contribution in [3.8, 4) is 0 Å². The minimum atomic E-state index is -4.08. The normalized spacial score (nSPS) is 12.1. The fourth-order valence-corrected chi connectivity index (χ4v) is 1.37. The second-order valence-electron chi connectivity index (χ2n) is 3.52. The summed E-state index contributed by atoms with van der Waals surface area (Å²) < 4.78 is 50.2. The van der Waals surface area contributed by atoms with Crippen molar-refractivity contribution in [2.45, 2.75) is 25.2 Å². The average molecular weight is 235 g/mol. The first-order valence-electron chi connectivity index (χ1n) is 4.94. The Kier molecular flexibility index (Phi) is 4.29. The van der Waals surface area contributed by atoms with E-state index in [1.54, 1.807) is 6.07 Å². The predicted molar refractivity (Wildman–Crippen MR) is 53.7 cm³/mol. The number of nitrogens with two attached hydrogens (primary N) is 1. The zero-order valence-corrected chi connectivity index (χ0v) is 8.60. The third-order valence-electron chi connectivity index (χ3n) is 2.26. The summed E-state index contributed by atoms with van der Waals surface area (Å²) in [5, 5.41) is 0. The van der Waals surface area contributed by atoms with Gasteiger partial charge in [0.25, 0.3) is 0 Å². The largest absolute Gasteiger partial charge is 0.332 e. The Morgan fingerprint density at radius 1 is 1.25 bits per heavy atom. The Balaban J connectivity index is 2.89. The van der Waals surface area contributed by atoms with Crippen molar-refractivity contribution in [1.29, 1.82) is 0 Å². The first-order chi connectivity index (χ1) is 7.48. The molecule has 16 heavy (non-hydrogen) atoms. The van der Waals surface area contributed by atoms with Crippen molar-refractivity contribution >= 4 is 0 Å². The van der Waals surface area contributed by atoms with Crippen LogP contribution in [0.25, 0.3) is 0 Å². The van der Waals surface area contributed by atoms with Crippen LogP contribution in [0, 0.1) is 0 Å². The van der Waals surface area contributed by atoms with Gasteiger partial charge in [-0.1, -0.05) is 18.2 Å². The van der Waals surface area contributed by atoms with E-state index in [0.29, 0.717) is 24.9 Å². The molecule has 1 aromatic rings. The molecule has 0 aliphatic heterocycles. The van der Waals surface area contributed by atoms with Crippen molar-refractivity contribution in [1.82, 2.24) is 0 Å². The van der Waals surface area contributed by atoms with E-state index in [2.05, 4.69) is 0 Å². The van der Waals surface area contributed by atoms with Gasteiger partial charge in [0.15, 0.2) is 0 Å². The van der Waals surface area contributed by atoms with Gasteiger partial charge in [-0.2, -0.15) is 8.78 Å². The molecular weight excluding hydrogens is 222 g/mol. The van der Waals surface area contributed by atoms with E-state index in [1.165, 1.54) is 6.07 Å². The van der Waals surface area contributed by atoms with E-state index >= 15 is 0 Å². The summed E-state index contributed by atoms with van der Waals surface area (Å²) in [5.41, 5.74) is 5.24. The van der Waals surface area contributed by atoms with E-state index in [1.807, 2.05) is 0 Å². The van der Waals surface area contributed by atoms with E-state index in [9.17, 15) is 17.6 Å². The molecule has 90 valence electrons. The van der Waals surface area contributed by atoms with Crippen LogP contribution in [0.5, 0.6) is 0 Å². The number of benzene rings is 1. The Morgan fingerprint density at radius 3 is 2.50 bits per heavy atom. The number of halogens is 4. The molecule has 0 heterocycles. The molecule has 0 atom stereocenters. The van der Waals surface area contributed by atoms with E-state index in [0.717, 1.165) is 12.1 Å². The first-order valence-corrected chi connectivity index (χ1v) is 4.94. The number of hydrogen-bond donors (Lipinski definition) is 1. The highest BCUT2D eigenvalue weighted by molar-refractivity contribution is 5.27. The lowest BCUT2D eigenvalue weighted by Crippen LogP contribution is -2.23. The van der Waals surface area contributed by atoms with Gasteiger partial charge >= 0.3 is 12.3 Å². The van der Waals surface area contributed by atoms with Gasteiger partial charge in [0.1, 0.15) is 0 Å². The monoisotopic (exact) mass is 235 g/mol. The van der Waals surface area contributed by atoms with Gasteiger partial charge in [0, 0.05) is 5.56 Å². The third-order valence-corrected chi connectivity index (χ3v) is 2.26.